The van der Waals surface area contributed by atoms with Gasteiger partial charge in [-0.05, 0) is 35.2 Å². The molecule has 1 aliphatic rings. The van der Waals surface area contributed by atoms with Crippen LogP contribution >= 0.6 is 0 Å². The minimum Gasteiger partial charge on any atom is -0.497 e. The van der Waals surface area contributed by atoms with Gasteiger partial charge in [-0.15, -0.1) is 0 Å². The number of rotatable bonds is 3. The van der Waals surface area contributed by atoms with Gasteiger partial charge in [0.25, 0.3) is 0 Å². The first kappa shape index (κ1) is 14.8. The summed E-state index contributed by atoms with van der Waals surface area (Å²) in [6, 6.07) is 12.6. The number of hydrogen-bond donors (Lipinski definition) is 0. The van der Waals surface area contributed by atoms with Crippen molar-refractivity contribution in [3.8, 4) is 28.5 Å². The van der Waals surface area contributed by atoms with Crippen LogP contribution in [0.15, 0.2) is 42.6 Å². The summed E-state index contributed by atoms with van der Waals surface area (Å²) in [7, 11) is 5.03. The summed E-state index contributed by atoms with van der Waals surface area (Å²) in [5.41, 5.74) is 3.79. The summed E-state index contributed by atoms with van der Waals surface area (Å²) < 4.78 is 18.6. The Bertz CT molecular complexity index is 934. The molecule has 0 unspecified atom stereocenters. The zero-order valence-corrected chi connectivity index (χ0v) is 14.1. The average Bonchev–Trinajstić information content (AvgIpc) is 2.64. The van der Waals surface area contributed by atoms with Gasteiger partial charge in [-0.1, -0.05) is 6.07 Å². The number of fused-ring (bicyclic) bond motifs is 4. The number of methoxy groups -OCH3 is 3. The van der Waals surface area contributed by atoms with Gasteiger partial charge in [0, 0.05) is 17.9 Å². The van der Waals surface area contributed by atoms with E-state index in [0.717, 1.165) is 41.0 Å². The molecule has 0 saturated heterocycles. The predicted octanol–water partition coefficient (Wildman–Crippen LogP) is 3.38. The van der Waals surface area contributed by atoms with E-state index in [1.807, 2.05) is 18.2 Å². The Kier molecular flexibility index (Phi) is 3.53. The van der Waals surface area contributed by atoms with Crippen molar-refractivity contribution < 1.29 is 18.8 Å². The number of hydrogen-bond acceptors (Lipinski definition) is 3. The van der Waals surface area contributed by atoms with Crippen molar-refractivity contribution in [3.63, 3.8) is 0 Å². The van der Waals surface area contributed by atoms with Crippen LogP contribution in [-0.4, -0.2) is 21.3 Å². The van der Waals surface area contributed by atoms with E-state index >= 15 is 0 Å². The van der Waals surface area contributed by atoms with Crippen LogP contribution in [0, 0.1) is 0 Å². The number of aromatic nitrogens is 1. The van der Waals surface area contributed by atoms with E-state index in [1.165, 1.54) is 16.8 Å². The molecule has 0 spiro atoms. The van der Waals surface area contributed by atoms with Crippen molar-refractivity contribution in [1.29, 1.82) is 0 Å². The molecule has 4 rings (SSSR count). The lowest BCUT2D eigenvalue weighted by Crippen LogP contribution is -2.39. The van der Waals surface area contributed by atoms with Gasteiger partial charge in [-0.2, -0.15) is 4.57 Å². The maximum Gasteiger partial charge on any atom is 0.213 e. The molecule has 4 nitrogen and oxygen atoms in total. The number of benzene rings is 2. The summed E-state index contributed by atoms with van der Waals surface area (Å²) in [6.07, 6.45) is 3.21. The van der Waals surface area contributed by atoms with Gasteiger partial charge in [-0.25, -0.2) is 0 Å². The molecule has 0 radical (unpaired) electrons. The van der Waals surface area contributed by atoms with Gasteiger partial charge >= 0.3 is 0 Å². The maximum atomic E-state index is 5.44. The standard InChI is InChI=1S/C20H20NO3/c1-22-16-5-4-13-6-7-21-12-15-10-20(24-3)19(23-2)9-14(15)8-18(21)17(13)11-16/h4-5,8-12H,6-7H2,1-3H3/q+1. The third kappa shape index (κ3) is 2.26. The highest BCUT2D eigenvalue weighted by Gasteiger charge is 2.24. The fourth-order valence-corrected chi connectivity index (χ4v) is 3.41. The molecule has 122 valence electrons. The normalized spacial score (nSPS) is 12.5. The lowest BCUT2D eigenvalue weighted by Gasteiger charge is -2.17. The number of aryl methyl sites for hydroxylation is 2. The van der Waals surface area contributed by atoms with Gasteiger partial charge in [0.15, 0.2) is 24.2 Å². The number of pyridine rings is 1. The van der Waals surface area contributed by atoms with E-state index in [-0.39, 0.29) is 0 Å². The topological polar surface area (TPSA) is 31.6 Å². The summed E-state index contributed by atoms with van der Waals surface area (Å²) in [6.45, 7) is 0.971. The number of ether oxygens (including phenoxy) is 3. The molecule has 1 aliphatic heterocycles. The average molecular weight is 322 g/mol. The molecular weight excluding hydrogens is 302 g/mol. The first-order valence-corrected chi connectivity index (χ1v) is 8.00. The Balaban J connectivity index is 1.95. The van der Waals surface area contributed by atoms with E-state index < -0.39 is 0 Å². The summed E-state index contributed by atoms with van der Waals surface area (Å²) >= 11 is 0. The van der Waals surface area contributed by atoms with Crippen molar-refractivity contribution in [2.75, 3.05) is 21.3 Å². The van der Waals surface area contributed by atoms with Gasteiger partial charge in [0.1, 0.15) is 5.75 Å². The van der Waals surface area contributed by atoms with E-state index in [9.17, 15) is 0 Å². The predicted molar refractivity (Wildman–Crippen MR) is 92.9 cm³/mol. The van der Waals surface area contributed by atoms with E-state index in [2.05, 4.69) is 29.0 Å². The summed E-state index contributed by atoms with van der Waals surface area (Å²) in [5, 5.41) is 2.28. The molecule has 4 heteroatoms. The highest BCUT2D eigenvalue weighted by atomic mass is 16.5. The molecule has 0 bridgehead atoms. The Morgan fingerprint density at radius 1 is 0.833 bits per heavy atom. The third-order valence-corrected chi connectivity index (χ3v) is 4.70. The Labute approximate surface area is 141 Å². The summed E-state index contributed by atoms with van der Waals surface area (Å²) in [5.74, 6) is 2.38. The van der Waals surface area contributed by atoms with Crippen LogP contribution in [0.3, 0.4) is 0 Å². The minimum atomic E-state index is 0.747. The molecule has 2 aromatic carbocycles. The Morgan fingerprint density at radius 3 is 2.29 bits per heavy atom. The van der Waals surface area contributed by atoms with Gasteiger partial charge in [-0.3, -0.25) is 0 Å². The van der Waals surface area contributed by atoms with E-state index in [4.69, 9.17) is 14.2 Å². The second kappa shape index (κ2) is 5.71. The van der Waals surface area contributed by atoms with Crippen LogP contribution in [0.25, 0.3) is 22.0 Å². The highest BCUT2D eigenvalue weighted by molar-refractivity contribution is 5.87. The lowest BCUT2D eigenvalue weighted by molar-refractivity contribution is -0.686. The molecular formula is C20H20NO3+. The fourth-order valence-electron chi connectivity index (χ4n) is 3.41. The third-order valence-electron chi connectivity index (χ3n) is 4.70. The molecule has 0 fully saturated rings. The van der Waals surface area contributed by atoms with E-state index in [1.54, 1.807) is 21.3 Å². The zero-order valence-electron chi connectivity index (χ0n) is 14.1. The fraction of sp³-hybridized carbons (Fsp3) is 0.250. The quantitative estimate of drug-likeness (QED) is 0.693. The van der Waals surface area contributed by atoms with Crippen molar-refractivity contribution >= 4 is 10.8 Å². The SMILES string of the molecule is COc1ccc2c(c1)-c1cc3cc(OC)c(OC)cc3c[n+]1CC2. The molecule has 2 heterocycles. The molecule has 3 aromatic rings. The molecule has 0 atom stereocenters. The molecule has 0 N–H and O–H groups in total. The minimum absolute atomic E-state index is 0.747. The molecule has 0 amide bonds. The Morgan fingerprint density at radius 2 is 1.58 bits per heavy atom. The second-order valence-corrected chi connectivity index (χ2v) is 5.96. The lowest BCUT2D eigenvalue weighted by atomic mass is 9.95. The second-order valence-electron chi connectivity index (χ2n) is 5.96. The molecule has 24 heavy (non-hydrogen) atoms. The van der Waals surface area contributed by atoms with Crippen LogP contribution < -0.4 is 18.8 Å². The van der Waals surface area contributed by atoms with Gasteiger partial charge < -0.3 is 14.2 Å². The van der Waals surface area contributed by atoms with Crippen LogP contribution in [-0.2, 0) is 13.0 Å². The van der Waals surface area contributed by atoms with Crippen molar-refractivity contribution in [1.82, 2.24) is 0 Å². The Hall–Kier alpha value is -2.75. The van der Waals surface area contributed by atoms with Crippen LogP contribution in [0.4, 0.5) is 0 Å². The summed E-state index contributed by atoms with van der Waals surface area (Å²) in [4.78, 5) is 0. The zero-order chi connectivity index (χ0) is 16.7. The van der Waals surface area contributed by atoms with Crippen molar-refractivity contribution in [2.24, 2.45) is 0 Å². The first-order chi connectivity index (χ1) is 11.7. The largest absolute Gasteiger partial charge is 0.497 e. The molecule has 0 aliphatic carbocycles. The van der Waals surface area contributed by atoms with Crippen molar-refractivity contribution in [3.05, 3.63) is 48.2 Å². The maximum absolute atomic E-state index is 5.44. The van der Waals surface area contributed by atoms with E-state index in [0.29, 0.717) is 0 Å². The monoisotopic (exact) mass is 322 g/mol. The first-order valence-electron chi connectivity index (χ1n) is 8.00. The van der Waals surface area contributed by atoms with Crippen LogP contribution in [0.1, 0.15) is 5.56 Å². The van der Waals surface area contributed by atoms with Gasteiger partial charge in [0.05, 0.1) is 26.9 Å². The highest BCUT2D eigenvalue weighted by Crippen LogP contribution is 2.35. The number of nitrogens with zero attached hydrogens (tertiary/aromatic N) is 1. The van der Waals surface area contributed by atoms with Gasteiger partial charge in [0.2, 0.25) is 5.69 Å². The molecule has 1 aromatic heterocycles. The van der Waals surface area contributed by atoms with Crippen LogP contribution in [0.5, 0.6) is 17.2 Å². The smallest absolute Gasteiger partial charge is 0.213 e. The van der Waals surface area contributed by atoms with Crippen molar-refractivity contribution in [2.45, 2.75) is 13.0 Å². The molecule has 0 saturated carbocycles. The van der Waals surface area contributed by atoms with Crippen LogP contribution in [0.2, 0.25) is 0 Å².